The van der Waals surface area contributed by atoms with Crippen molar-refractivity contribution in [3.8, 4) is 0 Å². The molecule has 0 bridgehead atoms. The van der Waals surface area contributed by atoms with Gasteiger partial charge in [-0.1, -0.05) is 0 Å². The second kappa shape index (κ2) is 3.31. The highest BCUT2D eigenvalue weighted by atomic mass is 16.2. The van der Waals surface area contributed by atoms with Crippen LogP contribution in [0.1, 0.15) is 16.2 Å². The van der Waals surface area contributed by atoms with E-state index >= 15 is 0 Å². The van der Waals surface area contributed by atoms with Gasteiger partial charge in [0.25, 0.3) is 5.91 Å². The fourth-order valence-corrected chi connectivity index (χ4v) is 2.68. The first-order valence-corrected chi connectivity index (χ1v) is 5.69. The van der Waals surface area contributed by atoms with Crippen molar-refractivity contribution in [1.82, 2.24) is 20.4 Å². The molecule has 16 heavy (non-hydrogen) atoms. The van der Waals surface area contributed by atoms with Crippen LogP contribution in [0.15, 0.2) is 6.07 Å². The highest BCUT2D eigenvalue weighted by Crippen LogP contribution is 2.41. The average Bonchev–Trinajstić information content (AvgIpc) is 2.66. The van der Waals surface area contributed by atoms with Gasteiger partial charge >= 0.3 is 0 Å². The van der Waals surface area contributed by atoms with Crippen molar-refractivity contribution in [2.45, 2.75) is 13.0 Å². The van der Waals surface area contributed by atoms with Crippen molar-refractivity contribution in [3.05, 3.63) is 17.5 Å². The summed E-state index contributed by atoms with van der Waals surface area (Å²) in [6.07, 6.45) is 0. The molecule has 2 unspecified atom stereocenters. The Morgan fingerprint density at radius 3 is 2.81 bits per heavy atom. The van der Waals surface area contributed by atoms with Gasteiger partial charge in [0.15, 0.2) is 0 Å². The first-order valence-electron chi connectivity index (χ1n) is 5.69. The maximum absolute atomic E-state index is 12.0. The molecule has 5 nitrogen and oxygen atoms in total. The molecule has 1 aliphatic heterocycles. The Hall–Kier alpha value is -1.36. The van der Waals surface area contributed by atoms with Crippen LogP contribution in [0, 0.1) is 18.8 Å². The van der Waals surface area contributed by atoms with E-state index in [2.05, 4.69) is 15.7 Å². The maximum Gasteiger partial charge on any atom is 0.269 e. The lowest BCUT2D eigenvalue weighted by Gasteiger charge is -2.07. The Balaban J connectivity index is 1.68. The minimum Gasteiger partial charge on any atom is -0.347 e. The molecule has 0 aromatic carbocycles. The quantitative estimate of drug-likeness (QED) is 0.718. The SMILES string of the molecule is Cc1cc(C(=O)NC2C3CNCC32)n(C)n1. The van der Waals surface area contributed by atoms with Crippen LogP contribution in [0.4, 0.5) is 0 Å². The number of rotatable bonds is 2. The van der Waals surface area contributed by atoms with E-state index < -0.39 is 0 Å². The van der Waals surface area contributed by atoms with Crippen LogP contribution in [-0.4, -0.2) is 34.8 Å². The molecule has 1 saturated heterocycles. The zero-order valence-electron chi connectivity index (χ0n) is 9.53. The van der Waals surface area contributed by atoms with Crippen molar-refractivity contribution in [1.29, 1.82) is 0 Å². The van der Waals surface area contributed by atoms with Crippen molar-refractivity contribution in [2.75, 3.05) is 13.1 Å². The molecule has 5 heteroatoms. The summed E-state index contributed by atoms with van der Waals surface area (Å²) < 4.78 is 1.64. The van der Waals surface area contributed by atoms with E-state index in [0.29, 0.717) is 23.6 Å². The minimum atomic E-state index is 0.00231. The monoisotopic (exact) mass is 220 g/mol. The van der Waals surface area contributed by atoms with Crippen LogP contribution >= 0.6 is 0 Å². The average molecular weight is 220 g/mol. The smallest absolute Gasteiger partial charge is 0.269 e. The summed E-state index contributed by atoms with van der Waals surface area (Å²) in [7, 11) is 1.80. The van der Waals surface area contributed by atoms with Crippen LogP contribution in [0.5, 0.6) is 0 Å². The predicted molar refractivity (Wildman–Crippen MR) is 59.0 cm³/mol. The lowest BCUT2D eigenvalue weighted by molar-refractivity contribution is 0.0937. The van der Waals surface area contributed by atoms with Crippen LogP contribution in [0.2, 0.25) is 0 Å². The number of piperidine rings is 1. The lowest BCUT2D eigenvalue weighted by atomic mass is 10.3. The number of aryl methyl sites for hydroxylation is 2. The molecule has 1 aliphatic carbocycles. The molecule has 2 aliphatic rings. The lowest BCUT2D eigenvalue weighted by Crippen LogP contribution is -2.33. The van der Waals surface area contributed by atoms with Crippen molar-refractivity contribution in [2.24, 2.45) is 18.9 Å². The van der Waals surface area contributed by atoms with Gasteiger partial charge in [-0.2, -0.15) is 5.10 Å². The van der Waals surface area contributed by atoms with Gasteiger partial charge in [0.1, 0.15) is 5.69 Å². The molecule has 1 amide bonds. The number of hydrogen-bond acceptors (Lipinski definition) is 3. The molecule has 86 valence electrons. The van der Waals surface area contributed by atoms with Gasteiger partial charge in [-0.15, -0.1) is 0 Å². The largest absolute Gasteiger partial charge is 0.347 e. The molecule has 2 atom stereocenters. The molecule has 1 aromatic heterocycles. The van der Waals surface area contributed by atoms with E-state index in [4.69, 9.17) is 0 Å². The number of aromatic nitrogens is 2. The maximum atomic E-state index is 12.0. The minimum absolute atomic E-state index is 0.00231. The fraction of sp³-hybridized carbons (Fsp3) is 0.636. The normalized spacial score (nSPS) is 31.2. The Morgan fingerprint density at radius 2 is 2.25 bits per heavy atom. The van der Waals surface area contributed by atoms with Gasteiger partial charge in [0.05, 0.1) is 5.69 Å². The van der Waals surface area contributed by atoms with E-state index in [9.17, 15) is 4.79 Å². The van der Waals surface area contributed by atoms with Gasteiger partial charge in [0.2, 0.25) is 0 Å². The highest BCUT2D eigenvalue weighted by molar-refractivity contribution is 5.93. The van der Waals surface area contributed by atoms with Gasteiger partial charge in [-0.05, 0) is 24.8 Å². The van der Waals surface area contributed by atoms with Crippen molar-refractivity contribution in [3.63, 3.8) is 0 Å². The van der Waals surface area contributed by atoms with E-state index in [1.807, 2.05) is 13.0 Å². The molecular formula is C11H16N4O. The molecule has 3 rings (SSSR count). The van der Waals surface area contributed by atoms with E-state index in [1.54, 1.807) is 11.7 Å². The van der Waals surface area contributed by atoms with E-state index in [0.717, 1.165) is 18.8 Å². The third-order valence-corrected chi connectivity index (χ3v) is 3.62. The van der Waals surface area contributed by atoms with Gasteiger partial charge < -0.3 is 10.6 Å². The first-order chi connectivity index (χ1) is 7.66. The number of fused-ring (bicyclic) bond motifs is 1. The summed E-state index contributed by atoms with van der Waals surface area (Å²) in [5.74, 6) is 1.30. The van der Waals surface area contributed by atoms with Gasteiger partial charge in [-0.3, -0.25) is 9.48 Å². The molecule has 0 spiro atoms. The summed E-state index contributed by atoms with van der Waals surface area (Å²) in [5.41, 5.74) is 1.53. The van der Waals surface area contributed by atoms with Crippen molar-refractivity contribution >= 4 is 5.91 Å². The zero-order chi connectivity index (χ0) is 11.3. The summed E-state index contributed by atoms with van der Waals surface area (Å²) in [5, 5.41) is 10.6. The summed E-state index contributed by atoms with van der Waals surface area (Å²) in [4.78, 5) is 12.0. The number of hydrogen-bond donors (Lipinski definition) is 2. The first kappa shape index (κ1) is 9.84. The van der Waals surface area contributed by atoms with Crippen LogP contribution in [0.25, 0.3) is 0 Å². The molecule has 0 radical (unpaired) electrons. The Kier molecular flexibility index (Phi) is 2.04. The fourth-order valence-electron chi connectivity index (χ4n) is 2.68. The Bertz CT molecular complexity index is 429. The zero-order valence-corrected chi connectivity index (χ0v) is 9.53. The number of nitrogens with one attached hydrogen (secondary N) is 2. The van der Waals surface area contributed by atoms with E-state index in [1.165, 1.54) is 0 Å². The molecule has 2 heterocycles. The molecule has 2 N–H and O–H groups in total. The van der Waals surface area contributed by atoms with Crippen LogP contribution in [0.3, 0.4) is 0 Å². The van der Waals surface area contributed by atoms with E-state index in [-0.39, 0.29) is 5.91 Å². The second-order valence-electron chi connectivity index (χ2n) is 4.78. The number of amides is 1. The molecular weight excluding hydrogens is 204 g/mol. The van der Waals surface area contributed by atoms with Crippen LogP contribution < -0.4 is 10.6 Å². The second-order valence-corrected chi connectivity index (χ2v) is 4.78. The highest BCUT2D eigenvalue weighted by Gasteiger charge is 2.53. The third-order valence-electron chi connectivity index (χ3n) is 3.62. The van der Waals surface area contributed by atoms with Crippen LogP contribution in [-0.2, 0) is 7.05 Å². The topological polar surface area (TPSA) is 59.0 Å². The molecule has 2 fully saturated rings. The summed E-state index contributed by atoms with van der Waals surface area (Å²) in [6, 6.07) is 2.20. The number of carbonyl (C=O) groups excluding carboxylic acids is 1. The standard InChI is InChI=1S/C11H16N4O/c1-6-3-9(15(2)14-6)11(16)13-10-7-4-12-5-8(7)10/h3,7-8,10,12H,4-5H2,1-2H3,(H,13,16). The number of nitrogens with zero attached hydrogens (tertiary/aromatic N) is 2. The predicted octanol–water partition coefficient (Wildman–Crippen LogP) is -0.324. The molecule has 1 aromatic rings. The Morgan fingerprint density at radius 1 is 1.56 bits per heavy atom. The van der Waals surface area contributed by atoms with Gasteiger partial charge in [-0.25, -0.2) is 0 Å². The summed E-state index contributed by atoms with van der Waals surface area (Å²) >= 11 is 0. The number of carbonyl (C=O) groups is 1. The summed E-state index contributed by atoms with van der Waals surface area (Å²) in [6.45, 7) is 3.98. The van der Waals surface area contributed by atoms with Crippen molar-refractivity contribution < 1.29 is 4.79 Å². The molecule has 1 saturated carbocycles. The Labute approximate surface area is 94.2 Å². The van der Waals surface area contributed by atoms with Gasteiger partial charge in [0, 0.05) is 26.2 Å². The third kappa shape index (κ3) is 1.43.